The van der Waals surface area contributed by atoms with Crippen LogP contribution in [0.2, 0.25) is 0 Å². The van der Waals surface area contributed by atoms with Crippen LogP contribution in [0.4, 0.5) is 5.69 Å². The van der Waals surface area contributed by atoms with Gasteiger partial charge in [-0.15, -0.1) is 0 Å². The normalized spacial score (nSPS) is 17.5. The van der Waals surface area contributed by atoms with E-state index < -0.39 is 18.1 Å². The van der Waals surface area contributed by atoms with Crippen LogP contribution in [0.1, 0.15) is 54.6 Å². The van der Waals surface area contributed by atoms with Gasteiger partial charge in [-0.25, -0.2) is 9.98 Å². The molecular weight excluding hydrogens is 532 g/mol. The number of aliphatic hydroxyl groups is 1. The second-order valence-electron chi connectivity index (χ2n) is 9.13. The molecular formula is C31H36N8O3. The first-order chi connectivity index (χ1) is 20.4. The summed E-state index contributed by atoms with van der Waals surface area (Å²) in [6, 6.07) is 20.3. The number of carbonyl (C=O) groups excluding carboxylic acids is 1. The van der Waals surface area contributed by atoms with Crippen LogP contribution in [0.5, 0.6) is 0 Å². The topological polar surface area (TPSA) is 182 Å². The lowest BCUT2D eigenvalue weighted by atomic mass is 10.0. The summed E-state index contributed by atoms with van der Waals surface area (Å²) in [4.78, 5) is 25.6. The van der Waals surface area contributed by atoms with E-state index in [1.165, 1.54) is 12.6 Å². The highest BCUT2D eigenvalue weighted by atomic mass is 16.5. The van der Waals surface area contributed by atoms with E-state index in [9.17, 15) is 4.79 Å². The number of rotatable bonds is 4. The van der Waals surface area contributed by atoms with Crippen molar-refractivity contribution in [2.75, 3.05) is 18.5 Å². The van der Waals surface area contributed by atoms with Crippen molar-refractivity contribution in [3.05, 3.63) is 94.8 Å². The first-order valence-corrected chi connectivity index (χ1v) is 13.7. The van der Waals surface area contributed by atoms with Crippen molar-refractivity contribution in [1.29, 1.82) is 10.7 Å². The van der Waals surface area contributed by atoms with E-state index >= 15 is 0 Å². The van der Waals surface area contributed by atoms with Crippen molar-refractivity contribution in [2.24, 2.45) is 15.7 Å². The maximum Gasteiger partial charge on any atom is 0.291 e. The highest BCUT2D eigenvalue weighted by Crippen LogP contribution is 2.24. The predicted octanol–water partition coefficient (Wildman–Crippen LogP) is 3.49. The smallest absolute Gasteiger partial charge is 0.291 e. The standard InChI is InChI=1S/C24H19N7O2.C5H11NO.C2H6/c1-14-11-15(12-25)13-28-19(14)21(26)33-24(27)31-22-23(32)29-18-10-6-5-9-17(18)20(30-22)16-7-3-2-4-8-16;7-4-5-2-1-3-6-5;1-2/h2-11,13,22,26H,1H3,(H2,27,31)(H,29,32);5-7H,1-4H2;1-2H3. The van der Waals surface area contributed by atoms with Gasteiger partial charge >= 0.3 is 0 Å². The minimum atomic E-state index is -1.23. The van der Waals surface area contributed by atoms with Crippen LogP contribution in [0.3, 0.4) is 0 Å². The van der Waals surface area contributed by atoms with Crippen LogP contribution in [0.15, 0.2) is 76.8 Å². The monoisotopic (exact) mass is 568 g/mol. The number of nitriles is 1. The Morgan fingerprint density at radius 3 is 2.55 bits per heavy atom. The third-order valence-corrected chi connectivity index (χ3v) is 6.23. The van der Waals surface area contributed by atoms with Gasteiger partial charge in [0.05, 0.1) is 23.6 Å². The zero-order valence-corrected chi connectivity index (χ0v) is 24.0. The van der Waals surface area contributed by atoms with Gasteiger partial charge in [0.2, 0.25) is 12.1 Å². The number of aliphatic imine (C=N–C) groups is 2. The summed E-state index contributed by atoms with van der Waals surface area (Å²) in [5, 5.41) is 31.6. The number of benzene rings is 2. The number of nitrogens with zero attached hydrogens (tertiary/aromatic N) is 4. The highest BCUT2D eigenvalue weighted by Gasteiger charge is 2.26. The van der Waals surface area contributed by atoms with Crippen LogP contribution in [-0.4, -0.2) is 59.0 Å². The number of para-hydroxylation sites is 1. The fraction of sp³-hybridized carbons (Fsp3) is 0.290. The molecule has 2 atom stereocenters. The molecule has 0 spiro atoms. The quantitative estimate of drug-likeness (QED) is 0.236. The fourth-order valence-corrected chi connectivity index (χ4v) is 4.25. The summed E-state index contributed by atoms with van der Waals surface area (Å²) in [6.07, 6.45) is 2.48. The van der Waals surface area contributed by atoms with Crippen molar-refractivity contribution < 1.29 is 14.6 Å². The Labute approximate surface area is 245 Å². The molecule has 42 heavy (non-hydrogen) atoms. The number of nitrogens with two attached hydrogens (primary N) is 1. The molecule has 218 valence electrons. The van der Waals surface area contributed by atoms with Gasteiger partial charge in [0.15, 0.2) is 0 Å². The molecule has 0 aliphatic carbocycles. The SMILES string of the molecule is CC.Cc1cc(C#N)cnc1C(=N)O/C(N)=N/C1N=C(c2ccccc2)c2ccccc2NC1=O.OCC1CCCN1. The molecule has 1 fully saturated rings. The third-order valence-electron chi connectivity index (χ3n) is 6.23. The van der Waals surface area contributed by atoms with Crippen LogP contribution in [-0.2, 0) is 9.53 Å². The number of aryl methyl sites for hydroxylation is 1. The van der Waals surface area contributed by atoms with E-state index in [2.05, 4.69) is 25.6 Å². The number of nitrogens with one attached hydrogen (secondary N) is 3. The fourth-order valence-electron chi connectivity index (χ4n) is 4.25. The summed E-state index contributed by atoms with van der Waals surface area (Å²) < 4.78 is 5.32. The number of pyridine rings is 1. The molecule has 3 heterocycles. The van der Waals surface area contributed by atoms with Crippen LogP contribution >= 0.6 is 0 Å². The molecule has 0 bridgehead atoms. The molecule has 2 aliphatic rings. The largest absolute Gasteiger partial charge is 0.405 e. The maximum absolute atomic E-state index is 12.8. The molecule has 2 unspecified atom stereocenters. The van der Waals surface area contributed by atoms with E-state index in [1.54, 1.807) is 19.1 Å². The van der Waals surface area contributed by atoms with Crippen LogP contribution in [0, 0.1) is 23.7 Å². The highest BCUT2D eigenvalue weighted by molar-refractivity contribution is 6.19. The van der Waals surface area contributed by atoms with Crippen molar-refractivity contribution in [2.45, 2.75) is 45.8 Å². The van der Waals surface area contributed by atoms with Crippen molar-refractivity contribution in [1.82, 2.24) is 10.3 Å². The average Bonchev–Trinajstić information content (AvgIpc) is 3.51. The second-order valence-corrected chi connectivity index (χ2v) is 9.13. The molecule has 11 nitrogen and oxygen atoms in total. The number of anilines is 1. The number of hydrogen-bond donors (Lipinski definition) is 5. The lowest BCUT2D eigenvalue weighted by molar-refractivity contribution is -0.117. The van der Waals surface area contributed by atoms with E-state index in [0.29, 0.717) is 35.2 Å². The van der Waals surface area contributed by atoms with E-state index in [4.69, 9.17) is 26.2 Å². The zero-order valence-electron chi connectivity index (χ0n) is 24.0. The van der Waals surface area contributed by atoms with Gasteiger partial charge in [-0.2, -0.15) is 10.3 Å². The lowest BCUT2D eigenvalue weighted by Gasteiger charge is -2.10. The van der Waals surface area contributed by atoms with Crippen molar-refractivity contribution in [3.8, 4) is 6.07 Å². The van der Waals surface area contributed by atoms with Gasteiger partial charge in [-0.05, 0) is 44.0 Å². The molecule has 2 aliphatic heterocycles. The molecule has 1 aromatic heterocycles. The molecule has 1 saturated heterocycles. The molecule has 11 heteroatoms. The van der Waals surface area contributed by atoms with Crippen LogP contribution < -0.4 is 16.4 Å². The van der Waals surface area contributed by atoms with E-state index in [-0.39, 0.29) is 11.6 Å². The average molecular weight is 569 g/mol. The van der Waals surface area contributed by atoms with Crippen LogP contribution in [0.25, 0.3) is 0 Å². The number of amidine groups is 1. The zero-order chi connectivity index (χ0) is 30.5. The molecule has 2 aromatic carbocycles. The number of amides is 1. The Bertz CT molecular complexity index is 1470. The second kappa shape index (κ2) is 15.8. The minimum Gasteiger partial charge on any atom is -0.405 e. The predicted molar refractivity (Wildman–Crippen MR) is 164 cm³/mol. The van der Waals surface area contributed by atoms with E-state index in [0.717, 1.165) is 24.1 Å². The Morgan fingerprint density at radius 1 is 1.21 bits per heavy atom. The number of carbonyl (C=O) groups is 1. The van der Waals surface area contributed by atoms with Gasteiger partial charge in [0.1, 0.15) is 11.8 Å². The number of ether oxygens (including phenoxy) is 1. The van der Waals surface area contributed by atoms with Crippen molar-refractivity contribution in [3.63, 3.8) is 0 Å². The Hall–Kier alpha value is -4.92. The molecule has 3 aromatic rings. The first kappa shape index (κ1) is 31.6. The Morgan fingerprint density at radius 2 is 1.93 bits per heavy atom. The summed E-state index contributed by atoms with van der Waals surface area (Å²) in [5.74, 6) is -0.845. The summed E-state index contributed by atoms with van der Waals surface area (Å²) >= 11 is 0. The van der Waals surface area contributed by atoms with Gasteiger partial charge in [-0.1, -0.05) is 62.4 Å². The molecule has 1 amide bonds. The molecule has 6 N–H and O–H groups in total. The number of benzodiazepines with no additional fused rings is 1. The molecule has 5 rings (SSSR count). The maximum atomic E-state index is 12.8. The van der Waals surface area contributed by atoms with Gasteiger partial charge in [-0.3, -0.25) is 10.2 Å². The van der Waals surface area contributed by atoms with E-state index in [1.807, 2.05) is 68.4 Å². The minimum absolute atomic E-state index is 0.207. The lowest BCUT2D eigenvalue weighted by Crippen LogP contribution is -2.29. The van der Waals surface area contributed by atoms with Gasteiger partial charge in [0.25, 0.3) is 11.9 Å². The summed E-state index contributed by atoms with van der Waals surface area (Å²) in [5.41, 5.74) is 9.79. The van der Waals surface area contributed by atoms with Gasteiger partial charge in [0, 0.05) is 23.4 Å². The van der Waals surface area contributed by atoms with Gasteiger partial charge < -0.3 is 26.2 Å². The number of aromatic nitrogens is 1. The van der Waals surface area contributed by atoms with Crippen molar-refractivity contribution >= 4 is 29.2 Å². The molecule has 0 radical (unpaired) electrons. The number of fused-ring (bicyclic) bond motifs is 1. The Kier molecular flexibility index (Phi) is 11.9. The number of hydrogen-bond acceptors (Lipinski definition) is 9. The number of aliphatic hydroxyl groups excluding tert-OH is 1. The Balaban J connectivity index is 0.000000465. The third kappa shape index (κ3) is 8.30. The molecule has 0 saturated carbocycles. The summed E-state index contributed by atoms with van der Waals surface area (Å²) in [7, 11) is 0. The summed E-state index contributed by atoms with van der Waals surface area (Å²) in [6.45, 7) is 7.09. The first-order valence-electron chi connectivity index (χ1n) is 13.7.